The summed E-state index contributed by atoms with van der Waals surface area (Å²) in [5.41, 5.74) is 2.08. The van der Waals surface area contributed by atoms with Crippen LogP contribution in [0.1, 0.15) is 32.3 Å². The van der Waals surface area contributed by atoms with Crippen molar-refractivity contribution in [1.29, 1.82) is 0 Å². The highest BCUT2D eigenvalue weighted by atomic mass is 32.1. The highest BCUT2D eigenvalue weighted by molar-refractivity contribution is 7.15. The first kappa shape index (κ1) is 21.0. The van der Waals surface area contributed by atoms with Gasteiger partial charge in [-0.15, -0.1) is 5.10 Å². The van der Waals surface area contributed by atoms with Gasteiger partial charge >= 0.3 is 5.97 Å². The Morgan fingerprint density at radius 3 is 2.52 bits per heavy atom. The number of nitrogens with zero attached hydrogens (tertiary/aromatic N) is 4. The van der Waals surface area contributed by atoms with Crippen LogP contribution in [0, 0.1) is 0 Å². The second-order valence-electron chi connectivity index (χ2n) is 7.66. The highest BCUT2D eigenvalue weighted by Gasteiger charge is 2.33. The monoisotopic (exact) mass is 460 g/mol. The van der Waals surface area contributed by atoms with Gasteiger partial charge in [0.2, 0.25) is 4.96 Å². The Hall–Kier alpha value is -3.85. The lowest BCUT2D eigenvalue weighted by molar-refractivity contribution is -0.131. The van der Waals surface area contributed by atoms with E-state index in [1.54, 1.807) is 29.2 Å². The highest BCUT2D eigenvalue weighted by Crippen LogP contribution is 2.35. The molecule has 5 rings (SSSR count). The molecule has 33 heavy (non-hydrogen) atoms. The van der Waals surface area contributed by atoms with Gasteiger partial charge in [0.25, 0.3) is 11.5 Å². The van der Waals surface area contributed by atoms with Gasteiger partial charge in [-0.3, -0.25) is 14.4 Å². The molecule has 0 saturated carbocycles. The third-order valence-corrected chi connectivity index (χ3v) is 6.45. The standard InChI is InChI=1S/C24H20N4O4S/c1-3-4-13-27-17-11-7-5-9-15(17)19(22(27)30)20-23(31)28-24(33-20)25-21(26-28)16-10-6-8-12-18(16)32-14(2)29/h5-12H,3-4,13H2,1-2H3/b20-19+. The number of anilines is 1. The molecule has 1 aliphatic heterocycles. The summed E-state index contributed by atoms with van der Waals surface area (Å²) in [7, 11) is 0. The van der Waals surface area contributed by atoms with Crippen molar-refractivity contribution in [1.82, 2.24) is 14.6 Å². The van der Waals surface area contributed by atoms with Gasteiger partial charge < -0.3 is 9.64 Å². The number of ether oxygens (including phenoxy) is 1. The zero-order chi connectivity index (χ0) is 23.1. The van der Waals surface area contributed by atoms with Gasteiger partial charge in [-0.05, 0) is 24.6 Å². The Kier molecular flexibility index (Phi) is 5.26. The van der Waals surface area contributed by atoms with Crippen molar-refractivity contribution in [3.8, 4) is 17.1 Å². The van der Waals surface area contributed by atoms with Crippen molar-refractivity contribution in [3.63, 3.8) is 0 Å². The molecule has 8 nitrogen and oxygen atoms in total. The predicted octanol–water partition coefficient (Wildman–Crippen LogP) is 2.81. The number of rotatable bonds is 5. The van der Waals surface area contributed by atoms with Gasteiger partial charge in [0.05, 0.1) is 16.8 Å². The smallest absolute Gasteiger partial charge is 0.308 e. The number of benzene rings is 2. The summed E-state index contributed by atoms with van der Waals surface area (Å²) in [6, 6.07) is 14.4. The van der Waals surface area contributed by atoms with Crippen molar-refractivity contribution >= 4 is 39.4 Å². The Labute approximate surface area is 192 Å². The average molecular weight is 461 g/mol. The molecule has 0 fully saturated rings. The van der Waals surface area contributed by atoms with Crippen molar-refractivity contribution < 1.29 is 14.3 Å². The van der Waals surface area contributed by atoms with Crippen LogP contribution in [0.25, 0.3) is 21.9 Å². The first-order valence-corrected chi connectivity index (χ1v) is 11.4. The average Bonchev–Trinajstić information content (AvgIpc) is 3.43. The Morgan fingerprint density at radius 1 is 1.06 bits per heavy atom. The molecule has 9 heteroatoms. The molecule has 0 aliphatic carbocycles. The molecular formula is C24H20N4O4S. The van der Waals surface area contributed by atoms with E-state index in [9.17, 15) is 14.4 Å². The number of unbranched alkanes of at least 4 members (excludes halogenated alkanes) is 1. The summed E-state index contributed by atoms with van der Waals surface area (Å²) in [5.74, 6) is -0.0457. The van der Waals surface area contributed by atoms with Gasteiger partial charge in [-0.1, -0.05) is 55.0 Å². The van der Waals surface area contributed by atoms with Gasteiger partial charge in [0, 0.05) is 19.0 Å². The number of para-hydroxylation sites is 2. The van der Waals surface area contributed by atoms with E-state index in [1.165, 1.54) is 11.4 Å². The second kappa shape index (κ2) is 8.25. The molecule has 1 amide bonds. The summed E-state index contributed by atoms with van der Waals surface area (Å²) in [5, 5.41) is 4.37. The van der Waals surface area contributed by atoms with E-state index in [-0.39, 0.29) is 11.7 Å². The quantitative estimate of drug-likeness (QED) is 0.336. The summed E-state index contributed by atoms with van der Waals surface area (Å²) < 4.78 is 6.77. The van der Waals surface area contributed by atoms with Crippen LogP contribution in [-0.2, 0) is 9.59 Å². The van der Waals surface area contributed by atoms with Crippen molar-refractivity contribution in [2.45, 2.75) is 26.7 Å². The van der Waals surface area contributed by atoms with Crippen LogP contribution in [0.5, 0.6) is 5.75 Å². The number of hydrogen-bond acceptors (Lipinski definition) is 7. The zero-order valence-electron chi connectivity index (χ0n) is 18.1. The summed E-state index contributed by atoms with van der Waals surface area (Å²) >= 11 is 1.13. The number of carbonyl (C=O) groups is 2. The lowest BCUT2D eigenvalue weighted by atomic mass is 10.1. The third kappa shape index (κ3) is 3.50. The van der Waals surface area contributed by atoms with Crippen LogP contribution < -0.4 is 19.7 Å². The predicted molar refractivity (Wildman–Crippen MR) is 125 cm³/mol. The second-order valence-corrected chi connectivity index (χ2v) is 8.64. The van der Waals surface area contributed by atoms with Crippen LogP contribution in [0.4, 0.5) is 5.69 Å². The first-order valence-electron chi connectivity index (χ1n) is 10.6. The van der Waals surface area contributed by atoms with E-state index in [4.69, 9.17) is 4.74 Å². The maximum Gasteiger partial charge on any atom is 0.308 e. The summed E-state index contributed by atoms with van der Waals surface area (Å²) in [6.45, 7) is 3.99. The molecular weight excluding hydrogens is 440 g/mol. The van der Waals surface area contributed by atoms with E-state index in [0.717, 1.165) is 35.4 Å². The fraction of sp³-hybridized carbons (Fsp3) is 0.208. The molecule has 4 aromatic rings. The number of hydrogen-bond donors (Lipinski definition) is 0. The normalized spacial score (nSPS) is 14.7. The minimum atomic E-state index is -0.460. The Bertz CT molecular complexity index is 1520. The largest absolute Gasteiger partial charge is 0.426 e. The van der Waals surface area contributed by atoms with E-state index < -0.39 is 11.5 Å². The van der Waals surface area contributed by atoms with E-state index in [0.29, 0.717) is 32.9 Å². The minimum absolute atomic E-state index is 0.174. The molecule has 0 radical (unpaired) electrons. The van der Waals surface area contributed by atoms with Gasteiger partial charge in [-0.25, -0.2) is 0 Å². The zero-order valence-corrected chi connectivity index (χ0v) is 18.9. The summed E-state index contributed by atoms with van der Waals surface area (Å²) in [6.07, 6.45) is 1.83. The molecule has 0 atom stereocenters. The molecule has 1 aliphatic rings. The summed E-state index contributed by atoms with van der Waals surface area (Å²) in [4.78, 5) is 44.6. The van der Waals surface area contributed by atoms with Crippen LogP contribution in [0.3, 0.4) is 0 Å². The minimum Gasteiger partial charge on any atom is -0.426 e. The molecule has 0 spiro atoms. The molecule has 166 valence electrons. The lowest BCUT2D eigenvalue weighted by Gasteiger charge is -2.16. The molecule has 0 unspecified atom stereocenters. The topological polar surface area (TPSA) is 93.9 Å². The van der Waals surface area contributed by atoms with Crippen molar-refractivity contribution in [3.05, 3.63) is 69.0 Å². The maximum atomic E-state index is 13.3. The van der Waals surface area contributed by atoms with E-state index in [1.807, 2.05) is 24.3 Å². The fourth-order valence-electron chi connectivity index (χ4n) is 3.93. The first-order chi connectivity index (χ1) is 16.0. The molecule has 3 heterocycles. The van der Waals surface area contributed by atoms with Crippen LogP contribution in [0.2, 0.25) is 0 Å². The number of carbonyl (C=O) groups excluding carboxylic acids is 2. The van der Waals surface area contributed by atoms with Gasteiger partial charge in [0.1, 0.15) is 10.3 Å². The number of thiazole rings is 1. The third-order valence-electron chi connectivity index (χ3n) is 5.42. The maximum absolute atomic E-state index is 13.3. The molecule has 2 aromatic heterocycles. The van der Waals surface area contributed by atoms with Crippen LogP contribution in [-0.4, -0.2) is 33.0 Å². The van der Waals surface area contributed by atoms with Crippen LogP contribution in [0.15, 0.2) is 53.3 Å². The Balaban J connectivity index is 1.66. The van der Waals surface area contributed by atoms with Crippen LogP contribution >= 0.6 is 11.3 Å². The van der Waals surface area contributed by atoms with Gasteiger partial charge in [-0.2, -0.15) is 9.50 Å². The molecule has 2 aromatic carbocycles. The van der Waals surface area contributed by atoms with E-state index >= 15 is 0 Å². The molecule has 0 bridgehead atoms. The number of fused-ring (bicyclic) bond motifs is 2. The fourth-order valence-corrected chi connectivity index (χ4v) is 4.93. The molecule has 0 saturated heterocycles. The lowest BCUT2D eigenvalue weighted by Crippen LogP contribution is -2.33. The molecule has 0 N–H and O–H groups in total. The number of aromatic nitrogens is 3. The number of amides is 1. The van der Waals surface area contributed by atoms with Gasteiger partial charge in [0.15, 0.2) is 5.82 Å². The van der Waals surface area contributed by atoms with Crippen molar-refractivity contribution in [2.75, 3.05) is 11.4 Å². The van der Waals surface area contributed by atoms with Crippen molar-refractivity contribution in [2.24, 2.45) is 0 Å². The number of esters is 1. The van der Waals surface area contributed by atoms with E-state index in [2.05, 4.69) is 17.0 Å². The SMILES string of the molecule is CCCCN1C(=O)/C(=c2/sc3nc(-c4ccccc4OC(C)=O)nn3c2=O)c2ccccc21. The Morgan fingerprint density at radius 2 is 1.79 bits per heavy atom.